The van der Waals surface area contributed by atoms with Gasteiger partial charge in [-0.2, -0.15) is 0 Å². The summed E-state index contributed by atoms with van der Waals surface area (Å²) in [6, 6.07) is 7.71. The molecule has 0 saturated heterocycles. The van der Waals surface area contributed by atoms with E-state index in [-0.39, 0.29) is 12.1 Å². The number of hydrogen-bond acceptors (Lipinski definition) is 3. The molecule has 0 fully saturated rings. The van der Waals surface area contributed by atoms with Crippen LogP contribution in [0.3, 0.4) is 0 Å². The molecule has 0 heterocycles. The lowest BCUT2D eigenvalue weighted by atomic mass is 10.1. The van der Waals surface area contributed by atoms with Crippen molar-refractivity contribution in [3.05, 3.63) is 29.8 Å². The van der Waals surface area contributed by atoms with E-state index in [0.29, 0.717) is 13.1 Å². The van der Waals surface area contributed by atoms with Crippen LogP contribution < -0.4 is 10.1 Å². The van der Waals surface area contributed by atoms with E-state index in [0.717, 1.165) is 17.7 Å². The van der Waals surface area contributed by atoms with Crippen LogP contribution in [0.4, 0.5) is 4.79 Å². The van der Waals surface area contributed by atoms with E-state index in [1.807, 2.05) is 38.1 Å². The summed E-state index contributed by atoms with van der Waals surface area (Å²) >= 11 is 0. The average molecular weight is 308 g/mol. The summed E-state index contributed by atoms with van der Waals surface area (Å²) in [4.78, 5) is 13.4. The van der Waals surface area contributed by atoms with Crippen molar-refractivity contribution in [3.8, 4) is 5.75 Å². The Kier molecular flexibility index (Phi) is 6.68. The number of rotatable bonds is 7. The molecule has 5 nitrogen and oxygen atoms in total. The molecule has 5 heteroatoms. The molecule has 2 N–H and O–H groups in total. The highest BCUT2D eigenvalue weighted by Crippen LogP contribution is 2.14. The van der Waals surface area contributed by atoms with Gasteiger partial charge in [-0.05, 0) is 51.8 Å². The molecule has 0 radical (unpaired) electrons. The number of ether oxygens (including phenoxy) is 1. The Bertz CT molecular complexity index is 464. The molecule has 0 aliphatic rings. The first kappa shape index (κ1) is 18.3. The maximum atomic E-state index is 11.9. The molecule has 0 saturated carbocycles. The second kappa shape index (κ2) is 8.03. The highest BCUT2D eigenvalue weighted by molar-refractivity contribution is 5.73. The molecule has 0 spiro atoms. The van der Waals surface area contributed by atoms with Crippen LogP contribution in [0, 0.1) is 0 Å². The Labute approximate surface area is 133 Å². The zero-order valence-corrected chi connectivity index (χ0v) is 14.2. The van der Waals surface area contributed by atoms with E-state index in [4.69, 9.17) is 4.74 Å². The Morgan fingerprint density at radius 1 is 1.32 bits per heavy atom. The molecule has 0 atom stereocenters. The second-order valence-corrected chi connectivity index (χ2v) is 6.46. The Hall–Kier alpha value is -1.75. The van der Waals surface area contributed by atoms with Crippen molar-refractivity contribution in [2.45, 2.75) is 45.8 Å². The minimum atomic E-state index is -0.891. The van der Waals surface area contributed by atoms with Crippen LogP contribution in [0.25, 0.3) is 0 Å². The minimum absolute atomic E-state index is 0.163. The number of likely N-dealkylation sites (N-methyl/N-ethyl adjacent to an activating group) is 1. The molecule has 0 aliphatic heterocycles. The van der Waals surface area contributed by atoms with Crippen LogP contribution in [0.2, 0.25) is 0 Å². The van der Waals surface area contributed by atoms with E-state index in [1.165, 1.54) is 4.90 Å². The van der Waals surface area contributed by atoms with E-state index in [2.05, 4.69) is 5.32 Å². The molecule has 1 rings (SSSR count). The van der Waals surface area contributed by atoms with Gasteiger partial charge in [-0.1, -0.05) is 12.1 Å². The summed E-state index contributed by atoms with van der Waals surface area (Å²) in [5.74, 6) is 0.854. The summed E-state index contributed by atoms with van der Waals surface area (Å²) in [6.45, 7) is 8.19. The molecule has 0 aliphatic carbocycles. The van der Waals surface area contributed by atoms with Crippen molar-refractivity contribution < 1.29 is 14.6 Å². The van der Waals surface area contributed by atoms with Crippen molar-refractivity contribution in [1.82, 2.24) is 10.2 Å². The molecule has 22 heavy (non-hydrogen) atoms. The number of carbonyl (C=O) groups excluding carboxylic acids is 1. The average Bonchev–Trinajstić information content (AvgIpc) is 2.38. The largest absolute Gasteiger partial charge is 0.491 e. The molecule has 0 bridgehead atoms. The smallest absolute Gasteiger partial charge is 0.317 e. The van der Waals surface area contributed by atoms with Gasteiger partial charge < -0.3 is 20.1 Å². The molecular formula is C17H28N2O3. The van der Waals surface area contributed by atoms with Crippen LogP contribution >= 0.6 is 0 Å². The van der Waals surface area contributed by atoms with E-state index in [1.54, 1.807) is 20.9 Å². The maximum absolute atomic E-state index is 11.9. The fourth-order valence-corrected chi connectivity index (χ4v) is 2.11. The van der Waals surface area contributed by atoms with Crippen molar-refractivity contribution in [1.29, 1.82) is 0 Å². The second-order valence-electron chi connectivity index (χ2n) is 6.46. The van der Waals surface area contributed by atoms with Crippen LogP contribution in [-0.2, 0) is 6.42 Å². The number of urea groups is 1. The topological polar surface area (TPSA) is 61.8 Å². The summed E-state index contributed by atoms with van der Waals surface area (Å²) in [5, 5.41) is 12.5. The van der Waals surface area contributed by atoms with Crippen LogP contribution in [-0.4, -0.2) is 47.9 Å². The number of aliphatic hydroxyl groups is 1. The van der Waals surface area contributed by atoms with Crippen molar-refractivity contribution in [3.63, 3.8) is 0 Å². The zero-order valence-electron chi connectivity index (χ0n) is 14.2. The van der Waals surface area contributed by atoms with E-state index < -0.39 is 5.60 Å². The lowest BCUT2D eigenvalue weighted by molar-refractivity contribution is 0.0532. The standard InChI is InChI=1S/C17H28N2O3/c1-13(2)22-15-8-6-14(7-9-15)10-11-18-16(20)19(5)12-17(3,4)21/h6-9,13,21H,10-12H2,1-5H3,(H,18,20). The Balaban J connectivity index is 2.36. The minimum Gasteiger partial charge on any atom is -0.491 e. The number of benzene rings is 1. The highest BCUT2D eigenvalue weighted by Gasteiger charge is 2.18. The number of amides is 2. The molecular weight excluding hydrogens is 280 g/mol. The molecule has 124 valence electrons. The van der Waals surface area contributed by atoms with Gasteiger partial charge in [-0.3, -0.25) is 0 Å². The van der Waals surface area contributed by atoms with Gasteiger partial charge in [0, 0.05) is 13.6 Å². The Morgan fingerprint density at radius 3 is 2.41 bits per heavy atom. The third kappa shape index (κ3) is 7.31. The fraction of sp³-hybridized carbons (Fsp3) is 0.588. The predicted octanol–water partition coefficient (Wildman–Crippen LogP) is 2.43. The lowest BCUT2D eigenvalue weighted by Gasteiger charge is -2.25. The van der Waals surface area contributed by atoms with E-state index in [9.17, 15) is 9.90 Å². The van der Waals surface area contributed by atoms with Crippen molar-refractivity contribution in [2.75, 3.05) is 20.1 Å². The van der Waals surface area contributed by atoms with Crippen LogP contribution in [0.15, 0.2) is 24.3 Å². The van der Waals surface area contributed by atoms with Gasteiger partial charge in [-0.15, -0.1) is 0 Å². The maximum Gasteiger partial charge on any atom is 0.317 e. The SMILES string of the molecule is CC(C)Oc1ccc(CCNC(=O)N(C)CC(C)(C)O)cc1. The van der Waals surface area contributed by atoms with Gasteiger partial charge in [0.15, 0.2) is 0 Å². The Morgan fingerprint density at radius 2 is 1.91 bits per heavy atom. The molecule has 2 amide bonds. The van der Waals surface area contributed by atoms with Gasteiger partial charge in [0.05, 0.1) is 18.2 Å². The molecule has 0 aromatic heterocycles. The van der Waals surface area contributed by atoms with Gasteiger partial charge >= 0.3 is 6.03 Å². The first-order chi connectivity index (χ1) is 10.2. The van der Waals surface area contributed by atoms with Gasteiger partial charge in [0.2, 0.25) is 0 Å². The van der Waals surface area contributed by atoms with Crippen LogP contribution in [0.5, 0.6) is 5.75 Å². The molecule has 1 aromatic rings. The summed E-state index contributed by atoms with van der Waals surface area (Å²) in [6.07, 6.45) is 0.917. The fourth-order valence-electron chi connectivity index (χ4n) is 2.11. The predicted molar refractivity (Wildman–Crippen MR) is 88.2 cm³/mol. The number of nitrogens with zero attached hydrogens (tertiary/aromatic N) is 1. The normalized spacial score (nSPS) is 11.4. The summed E-state index contributed by atoms with van der Waals surface area (Å²) in [7, 11) is 1.67. The van der Waals surface area contributed by atoms with Gasteiger partial charge in [0.25, 0.3) is 0 Å². The first-order valence-electron chi connectivity index (χ1n) is 7.64. The summed E-state index contributed by atoms with van der Waals surface area (Å²) in [5.41, 5.74) is 0.250. The number of carbonyl (C=O) groups is 1. The van der Waals surface area contributed by atoms with Gasteiger partial charge in [-0.25, -0.2) is 4.79 Å². The van der Waals surface area contributed by atoms with Crippen molar-refractivity contribution in [2.24, 2.45) is 0 Å². The molecule has 0 unspecified atom stereocenters. The van der Waals surface area contributed by atoms with E-state index >= 15 is 0 Å². The quantitative estimate of drug-likeness (QED) is 0.813. The van der Waals surface area contributed by atoms with Crippen LogP contribution in [0.1, 0.15) is 33.3 Å². The van der Waals surface area contributed by atoms with Crippen molar-refractivity contribution >= 4 is 6.03 Å². The van der Waals surface area contributed by atoms with Gasteiger partial charge in [0.1, 0.15) is 5.75 Å². The molecule has 1 aromatic carbocycles. The highest BCUT2D eigenvalue weighted by atomic mass is 16.5. The summed E-state index contributed by atoms with van der Waals surface area (Å²) < 4.78 is 5.59. The number of hydrogen-bond donors (Lipinski definition) is 2. The first-order valence-corrected chi connectivity index (χ1v) is 7.64. The number of nitrogens with one attached hydrogen (secondary N) is 1. The monoisotopic (exact) mass is 308 g/mol. The lowest BCUT2D eigenvalue weighted by Crippen LogP contribution is -2.45. The third-order valence-corrected chi connectivity index (χ3v) is 2.96. The zero-order chi connectivity index (χ0) is 16.8. The third-order valence-electron chi connectivity index (χ3n) is 2.96.